The Balaban J connectivity index is 1.54. The molecule has 9 heteroatoms. The molecule has 2 heterocycles. The maximum absolute atomic E-state index is 12.7. The van der Waals surface area contributed by atoms with E-state index in [9.17, 15) is 13.2 Å². The Morgan fingerprint density at radius 1 is 1.23 bits per heavy atom. The molecule has 30 heavy (non-hydrogen) atoms. The Hall–Kier alpha value is -2.13. The number of aliphatic imine (C=N–C) groups is 1. The molecule has 0 bridgehead atoms. The van der Waals surface area contributed by atoms with Crippen molar-refractivity contribution in [1.29, 1.82) is 0 Å². The standard InChI is InChI=1S/C21H28F3N5S/c1-15-6-5-9-29(12-15)13-17-8-4-3-7-16(17)10-26-20(25-2)27-11-19-28-18(14-30-19)21(22,23)24/h3-4,7-8,14-15H,5-6,9-13H2,1-2H3,(H2,25,26,27). The Kier molecular flexibility index (Phi) is 7.71. The van der Waals surface area contributed by atoms with Gasteiger partial charge in [0.05, 0.1) is 6.54 Å². The monoisotopic (exact) mass is 439 g/mol. The van der Waals surface area contributed by atoms with Crippen LogP contribution >= 0.6 is 11.3 Å². The predicted molar refractivity (Wildman–Crippen MR) is 114 cm³/mol. The van der Waals surface area contributed by atoms with Crippen molar-refractivity contribution < 1.29 is 13.2 Å². The number of hydrogen-bond donors (Lipinski definition) is 2. The SMILES string of the molecule is CN=C(NCc1nc(C(F)(F)F)cs1)NCc1ccccc1CN1CCCC(C)C1. The largest absolute Gasteiger partial charge is 0.434 e. The van der Waals surface area contributed by atoms with Crippen LogP contribution < -0.4 is 10.6 Å². The van der Waals surface area contributed by atoms with Gasteiger partial charge in [-0.1, -0.05) is 31.2 Å². The summed E-state index contributed by atoms with van der Waals surface area (Å²) in [6, 6.07) is 8.32. The first-order chi connectivity index (χ1) is 14.3. The topological polar surface area (TPSA) is 52.6 Å². The molecule has 1 atom stereocenters. The zero-order chi connectivity index (χ0) is 21.6. The molecule has 0 amide bonds. The molecule has 164 valence electrons. The minimum atomic E-state index is -4.41. The van der Waals surface area contributed by atoms with Gasteiger partial charge in [-0.2, -0.15) is 13.2 Å². The molecular weight excluding hydrogens is 411 g/mol. The van der Waals surface area contributed by atoms with Gasteiger partial charge < -0.3 is 10.6 Å². The molecule has 0 spiro atoms. The van der Waals surface area contributed by atoms with Crippen molar-refractivity contribution in [2.45, 2.75) is 45.6 Å². The molecule has 1 aliphatic rings. The minimum absolute atomic E-state index is 0.188. The molecule has 1 aromatic carbocycles. The van der Waals surface area contributed by atoms with Crippen molar-refractivity contribution in [2.24, 2.45) is 10.9 Å². The molecular formula is C21H28F3N5S. The summed E-state index contributed by atoms with van der Waals surface area (Å²) in [7, 11) is 1.64. The number of nitrogens with one attached hydrogen (secondary N) is 2. The van der Waals surface area contributed by atoms with Crippen LogP contribution in [0.15, 0.2) is 34.6 Å². The molecule has 1 aromatic heterocycles. The Morgan fingerprint density at radius 3 is 2.63 bits per heavy atom. The van der Waals surface area contributed by atoms with Gasteiger partial charge in [0.2, 0.25) is 0 Å². The molecule has 2 aromatic rings. The van der Waals surface area contributed by atoms with Crippen molar-refractivity contribution in [3.8, 4) is 0 Å². The number of guanidine groups is 1. The first-order valence-corrected chi connectivity index (χ1v) is 11.0. The van der Waals surface area contributed by atoms with Crippen LogP contribution in [0.3, 0.4) is 0 Å². The molecule has 1 saturated heterocycles. The van der Waals surface area contributed by atoms with Crippen molar-refractivity contribution in [3.63, 3.8) is 0 Å². The van der Waals surface area contributed by atoms with Crippen LogP contribution in [0.5, 0.6) is 0 Å². The van der Waals surface area contributed by atoms with E-state index >= 15 is 0 Å². The number of nitrogens with zero attached hydrogens (tertiary/aromatic N) is 3. The van der Waals surface area contributed by atoms with Crippen LogP contribution in [-0.2, 0) is 25.8 Å². The van der Waals surface area contributed by atoms with Gasteiger partial charge in [0.1, 0.15) is 5.01 Å². The predicted octanol–water partition coefficient (Wildman–Crippen LogP) is 4.26. The average Bonchev–Trinajstić information content (AvgIpc) is 3.19. The fraction of sp³-hybridized carbons (Fsp3) is 0.524. The van der Waals surface area contributed by atoms with Crippen molar-refractivity contribution in [1.82, 2.24) is 20.5 Å². The van der Waals surface area contributed by atoms with Gasteiger partial charge in [-0.15, -0.1) is 11.3 Å². The van der Waals surface area contributed by atoms with E-state index in [1.54, 1.807) is 7.05 Å². The lowest BCUT2D eigenvalue weighted by molar-refractivity contribution is -0.140. The number of rotatable bonds is 6. The zero-order valence-electron chi connectivity index (χ0n) is 17.3. The van der Waals surface area contributed by atoms with E-state index in [1.807, 2.05) is 6.07 Å². The highest BCUT2D eigenvalue weighted by atomic mass is 32.1. The molecule has 1 unspecified atom stereocenters. The molecule has 0 aliphatic carbocycles. The van der Waals surface area contributed by atoms with E-state index in [2.05, 4.69) is 50.6 Å². The van der Waals surface area contributed by atoms with Crippen molar-refractivity contribution in [3.05, 3.63) is 51.5 Å². The minimum Gasteiger partial charge on any atom is -0.352 e. The van der Waals surface area contributed by atoms with Crippen molar-refractivity contribution in [2.75, 3.05) is 20.1 Å². The lowest BCUT2D eigenvalue weighted by Gasteiger charge is -2.31. The smallest absolute Gasteiger partial charge is 0.352 e. The fourth-order valence-corrected chi connectivity index (χ4v) is 4.38. The lowest BCUT2D eigenvalue weighted by Crippen LogP contribution is -2.37. The number of piperidine rings is 1. The summed E-state index contributed by atoms with van der Waals surface area (Å²) >= 11 is 0.983. The Morgan fingerprint density at radius 2 is 1.97 bits per heavy atom. The van der Waals surface area contributed by atoms with E-state index in [4.69, 9.17) is 0 Å². The van der Waals surface area contributed by atoms with E-state index in [1.165, 1.54) is 24.0 Å². The van der Waals surface area contributed by atoms with Crippen LogP contribution in [0.2, 0.25) is 0 Å². The second-order valence-electron chi connectivity index (χ2n) is 7.65. The van der Waals surface area contributed by atoms with Crippen LogP contribution in [0.1, 0.15) is 41.6 Å². The molecule has 5 nitrogen and oxygen atoms in total. The molecule has 1 aliphatic heterocycles. The Bertz CT molecular complexity index is 849. The third-order valence-electron chi connectivity index (χ3n) is 5.17. The maximum atomic E-state index is 12.7. The number of alkyl halides is 3. The molecule has 3 rings (SSSR count). The first kappa shape index (κ1) is 22.6. The number of hydrogen-bond acceptors (Lipinski definition) is 4. The summed E-state index contributed by atoms with van der Waals surface area (Å²) in [5.74, 6) is 1.26. The zero-order valence-corrected chi connectivity index (χ0v) is 18.1. The van der Waals surface area contributed by atoms with Gasteiger partial charge in [-0.3, -0.25) is 9.89 Å². The summed E-state index contributed by atoms with van der Waals surface area (Å²) in [5, 5.41) is 7.69. The molecule has 2 N–H and O–H groups in total. The number of aromatic nitrogens is 1. The quantitative estimate of drug-likeness (QED) is 0.522. The number of halogens is 3. The number of likely N-dealkylation sites (tertiary alicyclic amines) is 1. The summed E-state index contributed by atoms with van der Waals surface area (Å²) in [4.78, 5) is 10.3. The van der Waals surface area contributed by atoms with Gasteiger partial charge in [-0.25, -0.2) is 4.98 Å². The first-order valence-electron chi connectivity index (χ1n) is 10.1. The van der Waals surface area contributed by atoms with Crippen LogP contribution in [0.4, 0.5) is 13.2 Å². The fourth-order valence-electron chi connectivity index (χ4n) is 3.64. The summed E-state index contributed by atoms with van der Waals surface area (Å²) in [6.45, 7) is 6.25. The van der Waals surface area contributed by atoms with E-state index < -0.39 is 11.9 Å². The van der Waals surface area contributed by atoms with E-state index in [0.717, 1.165) is 42.3 Å². The third-order valence-corrected chi connectivity index (χ3v) is 6.02. The summed E-state index contributed by atoms with van der Waals surface area (Å²) in [6.07, 6.45) is -1.87. The van der Waals surface area contributed by atoms with Crippen LogP contribution in [0, 0.1) is 5.92 Å². The third kappa shape index (κ3) is 6.43. The number of benzene rings is 1. The average molecular weight is 440 g/mol. The van der Waals surface area contributed by atoms with Crippen LogP contribution in [0.25, 0.3) is 0 Å². The maximum Gasteiger partial charge on any atom is 0.434 e. The molecule has 0 radical (unpaired) electrons. The second-order valence-corrected chi connectivity index (χ2v) is 8.60. The highest BCUT2D eigenvalue weighted by Crippen LogP contribution is 2.29. The van der Waals surface area contributed by atoms with Gasteiger partial charge in [-0.05, 0) is 36.4 Å². The van der Waals surface area contributed by atoms with E-state index in [0.29, 0.717) is 17.5 Å². The summed E-state index contributed by atoms with van der Waals surface area (Å²) < 4.78 is 38.1. The van der Waals surface area contributed by atoms with Gasteiger partial charge >= 0.3 is 6.18 Å². The number of thiazole rings is 1. The Labute approximate surface area is 179 Å². The highest BCUT2D eigenvalue weighted by molar-refractivity contribution is 7.09. The highest BCUT2D eigenvalue weighted by Gasteiger charge is 2.33. The normalized spacial score (nSPS) is 18.4. The van der Waals surface area contributed by atoms with Gasteiger partial charge in [0.15, 0.2) is 11.7 Å². The summed E-state index contributed by atoms with van der Waals surface area (Å²) in [5.41, 5.74) is 1.62. The van der Waals surface area contributed by atoms with Crippen molar-refractivity contribution >= 4 is 17.3 Å². The van der Waals surface area contributed by atoms with Crippen LogP contribution in [-0.4, -0.2) is 36.0 Å². The van der Waals surface area contributed by atoms with Gasteiger partial charge in [0, 0.05) is 32.1 Å². The lowest BCUT2D eigenvalue weighted by atomic mass is 9.99. The van der Waals surface area contributed by atoms with E-state index in [-0.39, 0.29) is 6.54 Å². The molecule has 1 fully saturated rings. The second kappa shape index (κ2) is 10.3. The molecule has 0 saturated carbocycles. The van der Waals surface area contributed by atoms with Gasteiger partial charge in [0.25, 0.3) is 0 Å².